The van der Waals surface area contributed by atoms with Crippen LogP contribution in [0.15, 0.2) is 54.7 Å². The van der Waals surface area contributed by atoms with Crippen molar-refractivity contribution in [3.63, 3.8) is 0 Å². The molecule has 2 aliphatic heterocycles. The maximum absolute atomic E-state index is 13.0. The maximum atomic E-state index is 13.0. The highest BCUT2D eigenvalue weighted by molar-refractivity contribution is 8.02. The number of hydrogen-bond donors (Lipinski definition) is 2. The van der Waals surface area contributed by atoms with Gasteiger partial charge in [0.05, 0.1) is 5.25 Å². The first-order valence-electron chi connectivity index (χ1n) is 9.06. The number of aromatic nitrogens is 1. The molecule has 0 radical (unpaired) electrons. The van der Waals surface area contributed by atoms with E-state index in [4.69, 9.17) is 0 Å². The molecular formula is C21H19N3O2S. The van der Waals surface area contributed by atoms with Crippen molar-refractivity contribution in [2.24, 2.45) is 0 Å². The van der Waals surface area contributed by atoms with Crippen LogP contribution in [-0.2, 0) is 20.9 Å². The van der Waals surface area contributed by atoms with Crippen molar-refractivity contribution in [2.45, 2.75) is 23.5 Å². The second-order valence-corrected chi connectivity index (χ2v) is 8.54. The Labute approximate surface area is 161 Å². The lowest BCUT2D eigenvalue weighted by Crippen LogP contribution is -2.47. The molecule has 0 bridgehead atoms. The molecule has 0 saturated carbocycles. The fraction of sp³-hybridized carbons (Fsp3) is 0.238. The third kappa shape index (κ3) is 2.26. The third-order valence-electron chi connectivity index (χ3n) is 5.47. The third-order valence-corrected chi connectivity index (χ3v) is 6.99. The average molecular weight is 377 g/mol. The summed E-state index contributed by atoms with van der Waals surface area (Å²) in [6.45, 7) is 2.38. The number of fused-ring (bicyclic) bond motifs is 3. The minimum absolute atomic E-state index is 0.0201. The van der Waals surface area contributed by atoms with Gasteiger partial charge < -0.3 is 15.2 Å². The number of benzene rings is 2. The maximum Gasteiger partial charge on any atom is 0.265 e. The number of hydrogen-bond acceptors (Lipinski definition) is 3. The van der Waals surface area contributed by atoms with Crippen molar-refractivity contribution in [3.8, 4) is 0 Å². The van der Waals surface area contributed by atoms with Crippen molar-refractivity contribution in [3.05, 3.63) is 65.9 Å². The van der Waals surface area contributed by atoms with E-state index >= 15 is 0 Å². The van der Waals surface area contributed by atoms with E-state index in [2.05, 4.69) is 16.4 Å². The lowest BCUT2D eigenvalue weighted by molar-refractivity contribution is -0.137. The van der Waals surface area contributed by atoms with E-state index in [0.29, 0.717) is 13.0 Å². The van der Waals surface area contributed by atoms with Crippen LogP contribution in [0.25, 0.3) is 10.9 Å². The fourth-order valence-corrected chi connectivity index (χ4v) is 5.70. The molecule has 5 rings (SSSR count). The highest BCUT2D eigenvalue weighted by atomic mass is 32.2. The van der Waals surface area contributed by atoms with Crippen molar-refractivity contribution in [1.29, 1.82) is 0 Å². The summed E-state index contributed by atoms with van der Waals surface area (Å²) in [4.78, 5) is 30.1. The van der Waals surface area contributed by atoms with Crippen molar-refractivity contribution >= 4 is 40.2 Å². The van der Waals surface area contributed by atoms with Gasteiger partial charge in [-0.05, 0) is 31.0 Å². The highest BCUT2D eigenvalue weighted by Crippen LogP contribution is 2.54. The number of carbonyl (C=O) groups excluding carboxylic acids is 2. The van der Waals surface area contributed by atoms with Gasteiger partial charge in [-0.15, -0.1) is 11.8 Å². The molecule has 2 aromatic carbocycles. The van der Waals surface area contributed by atoms with E-state index in [0.717, 1.165) is 27.7 Å². The minimum Gasteiger partial charge on any atom is -0.361 e. The SMILES string of the molecule is C[C@@H]1S[C@@]2(C(=O)Nc3ccccc32)N(CCc2c[nH]c3ccccc23)C1=O. The zero-order valence-electron chi connectivity index (χ0n) is 14.9. The first-order chi connectivity index (χ1) is 13.1. The van der Waals surface area contributed by atoms with E-state index in [1.165, 1.54) is 11.8 Å². The molecule has 2 N–H and O–H groups in total. The molecule has 3 aromatic rings. The van der Waals surface area contributed by atoms with Gasteiger partial charge in [0.1, 0.15) is 0 Å². The van der Waals surface area contributed by atoms with E-state index in [9.17, 15) is 9.59 Å². The number of para-hydroxylation sites is 2. The lowest BCUT2D eigenvalue weighted by Gasteiger charge is -2.32. The first-order valence-corrected chi connectivity index (χ1v) is 9.94. The Balaban J connectivity index is 1.52. The van der Waals surface area contributed by atoms with Gasteiger partial charge in [-0.2, -0.15) is 0 Å². The summed E-state index contributed by atoms with van der Waals surface area (Å²) in [6.07, 6.45) is 2.69. The molecule has 27 heavy (non-hydrogen) atoms. The molecule has 136 valence electrons. The molecule has 2 atom stereocenters. The first kappa shape index (κ1) is 16.4. The smallest absolute Gasteiger partial charge is 0.265 e. The van der Waals surface area contributed by atoms with Crippen LogP contribution in [0.3, 0.4) is 0 Å². The van der Waals surface area contributed by atoms with Crippen LogP contribution < -0.4 is 5.32 Å². The number of rotatable bonds is 3. The second kappa shape index (κ2) is 5.89. The minimum atomic E-state index is -0.959. The van der Waals surface area contributed by atoms with Gasteiger partial charge >= 0.3 is 0 Å². The van der Waals surface area contributed by atoms with E-state index in [-0.39, 0.29) is 17.1 Å². The van der Waals surface area contributed by atoms with Gasteiger partial charge in [0.2, 0.25) is 5.91 Å². The van der Waals surface area contributed by atoms with Crippen LogP contribution >= 0.6 is 11.8 Å². The molecule has 2 amide bonds. The summed E-state index contributed by atoms with van der Waals surface area (Å²) < 4.78 is 0. The Morgan fingerprint density at radius 2 is 1.89 bits per heavy atom. The van der Waals surface area contributed by atoms with Gasteiger partial charge in [0.25, 0.3) is 5.91 Å². The fourth-order valence-electron chi connectivity index (χ4n) is 4.18. The number of nitrogens with one attached hydrogen (secondary N) is 2. The molecule has 1 spiro atoms. The zero-order chi connectivity index (χ0) is 18.6. The Hall–Kier alpha value is -2.73. The van der Waals surface area contributed by atoms with Gasteiger partial charge in [-0.3, -0.25) is 9.59 Å². The Bertz CT molecular complexity index is 1080. The van der Waals surface area contributed by atoms with Crippen molar-refractivity contribution in [2.75, 3.05) is 11.9 Å². The quantitative estimate of drug-likeness (QED) is 0.734. The molecule has 0 unspecified atom stereocenters. The molecular weight excluding hydrogens is 358 g/mol. The number of H-pyrrole nitrogens is 1. The monoisotopic (exact) mass is 377 g/mol. The normalized spacial score (nSPS) is 24.0. The molecule has 1 aromatic heterocycles. The number of anilines is 1. The lowest BCUT2D eigenvalue weighted by atomic mass is 10.0. The summed E-state index contributed by atoms with van der Waals surface area (Å²) in [7, 11) is 0. The van der Waals surface area contributed by atoms with Crippen LogP contribution in [0, 0.1) is 0 Å². The predicted molar refractivity (Wildman–Crippen MR) is 108 cm³/mol. The summed E-state index contributed by atoms with van der Waals surface area (Å²) in [5, 5.41) is 3.88. The Morgan fingerprint density at radius 1 is 1.11 bits per heavy atom. The van der Waals surface area contributed by atoms with Crippen LogP contribution in [0.2, 0.25) is 0 Å². The summed E-state index contributed by atoms with van der Waals surface area (Å²) >= 11 is 1.44. The zero-order valence-corrected chi connectivity index (χ0v) is 15.7. The van der Waals surface area contributed by atoms with Gasteiger partial charge in [-0.1, -0.05) is 36.4 Å². The van der Waals surface area contributed by atoms with Gasteiger partial charge in [0, 0.05) is 34.9 Å². The Morgan fingerprint density at radius 3 is 2.78 bits per heavy atom. The molecule has 6 heteroatoms. The second-order valence-electron chi connectivity index (χ2n) is 7.00. The highest BCUT2D eigenvalue weighted by Gasteiger charge is 2.59. The van der Waals surface area contributed by atoms with Crippen molar-refractivity contribution < 1.29 is 9.59 Å². The van der Waals surface area contributed by atoms with Crippen molar-refractivity contribution in [1.82, 2.24) is 9.88 Å². The van der Waals surface area contributed by atoms with Crippen LogP contribution in [0.1, 0.15) is 18.1 Å². The van der Waals surface area contributed by atoms with Crippen LogP contribution in [-0.4, -0.2) is 33.5 Å². The molecule has 0 aliphatic carbocycles. The largest absolute Gasteiger partial charge is 0.361 e. The summed E-state index contributed by atoms with van der Waals surface area (Å²) in [5.74, 6) is -0.1000. The number of aromatic amines is 1. The molecule has 3 heterocycles. The van der Waals surface area contributed by atoms with Crippen LogP contribution in [0.5, 0.6) is 0 Å². The standard InChI is InChI=1S/C21H19N3O2S/c1-13-19(25)24(11-10-14-12-22-17-8-4-2-6-15(14)17)21(27-13)16-7-3-5-9-18(16)23-20(21)26/h2-9,12-13,22H,10-11H2,1H3,(H,23,26)/t13-,21-/m0/s1. The molecule has 1 fully saturated rings. The van der Waals surface area contributed by atoms with Gasteiger partial charge in [0.15, 0.2) is 4.87 Å². The van der Waals surface area contributed by atoms with Gasteiger partial charge in [-0.25, -0.2) is 0 Å². The molecule has 5 nitrogen and oxygen atoms in total. The number of carbonyl (C=O) groups is 2. The number of amides is 2. The topological polar surface area (TPSA) is 65.2 Å². The van der Waals surface area contributed by atoms with Crippen LogP contribution in [0.4, 0.5) is 5.69 Å². The molecule has 1 saturated heterocycles. The predicted octanol–water partition coefficient (Wildman–Crippen LogP) is 3.48. The molecule has 2 aliphatic rings. The average Bonchev–Trinajstić information content (AvgIpc) is 3.29. The van der Waals surface area contributed by atoms with E-state index in [1.54, 1.807) is 4.90 Å². The van der Waals surface area contributed by atoms with E-state index < -0.39 is 4.87 Å². The van der Waals surface area contributed by atoms with E-state index in [1.807, 2.05) is 55.6 Å². The Kier molecular flexibility index (Phi) is 3.59. The number of thioether (sulfide) groups is 1. The summed E-state index contributed by atoms with van der Waals surface area (Å²) in [6, 6.07) is 15.8. The summed E-state index contributed by atoms with van der Waals surface area (Å²) in [5.41, 5.74) is 3.93. The number of nitrogens with zero attached hydrogens (tertiary/aromatic N) is 1.